The molecule has 174 valence electrons. The molecule has 1 aliphatic heterocycles. The molecule has 1 fully saturated rings. The van der Waals surface area contributed by atoms with Crippen molar-refractivity contribution in [2.75, 3.05) is 39.2 Å². The number of Topliss-reactive ketones (excluding diaryl/α,β-unsaturated/α-hetero) is 1. The van der Waals surface area contributed by atoms with E-state index in [1.54, 1.807) is 12.1 Å². The number of ketones is 1. The summed E-state index contributed by atoms with van der Waals surface area (Å²) >= 11 is 5.95. The molecule has 0 aliphatic carbocycles. The van der Waals surface area contributed by atoms with Crippen molar-refractivity contribution in [2.45, 2.75) is 18.9 Å². The van der Waals surface area contributed by atoms with Gasteiger partial charge in [-0.25, -0.2) is 14.4 Å². The Morgan fingerprint density at radius 1 is 1.24 bits per heavy atom. The quantitative estimate of drug-likeness (QED) is 0.470. The van der Waals surface area contributed by atoms with Gasteiger partial charge in [0.05, 0.1) is 23.0 Å². The SMILES string of the molecule is COCC(=O)c1c(OC)cc2ncnc(Nc3ccc(F)c(Cl)c3)c2c1OC1CCNCC1. The first kappa shape index (κ1) is 23.2. The van der Waals surface area contributed by atoms with Gasteiger partial charge in [0.25, 0.3) is 0 Å². The van der Waals surface area contributed by atoms with Gasteiger partial charge in [-0.2, -0.15) is 0 Å². The van der Waals surface area contributed by atoms with Crippen LogP contribution in [0.25, 0.3) is 10.9 Å². The lowest BCUT2D eigenvalue weighted by atomic mass is 10.0. The molecule has 0 spiro atoms. The van der Waals surface area contributed by atoms with Crippen molar-refractivity contribution >= 4 is 39.8 Å². The Hall–Kier alpha value is -3.01. The van der Waals surface area contributed by atoms with Crippen LogP contribution in [0.5, 0.6) is 11.5 Å². The Bertz CT molecular complexity index is 1170. The minimum atomic E-state index is -0.526. The summed E-state index contributed by atoms with van der Waals surface area (Å²) in [4.78, 5) is 21.8. The van der Waals surface area contributed by atoms with Gasteiger partial charge in [-0.15, -0.1) is 0 Å². The second-order valence-electron chi connectivity index (χ2n) is 7.58. The minimum absolute atomic E-state index is 0.0258. The van der Waals surface area contributed by atoms with Crippen LogP contribution >= 0.6 is 11.6 Å². The van der Waals surface area contributed by atoms with E-state index in [4.69, 9.17) is 25.8 Å². The van der Waals surface area contributed by atoms with Gasteiger partial charge in [0.1, 0.15) is 47.7 Å². The van der Waals surface area contributed by atoms with E-state index in [1.807, 2.05) is 0 Å². The van der Waals surface area contributed by atoms with Crippen molar-refractivity contribution in [2.24, 2.45) is 0 Å². The standard InChI is InChI=1S/C23H24ClFN4O4/c1-31-11-18(30)21-19(32-2)10-17-20(22(21)33-14-5-7-26-8-6-14)23(28-12-27-17)29-13-3-4-16(25)15(24)9-13/h3-4,9-10,12,14,26H,5-8,11H2,1-2H3,(H,27,28,29). The zero-order valence-corrected chi connectivity index (χ0v) is 19.0. The number of fused-ring (bicyclic) bond motifs is 1. The summed E-state index contributed by atoms with van der Waals surface area (Å²) < 4.78 is 30.7. The van der Waals surface area contributed by atoms with Gasteiger partial charge >= 0.3 is 0 Å². The number of rotatable bonds is 8. The van der Waals surface area contributed by atoms with Crippen LogP contribution in [-0.2, 0) is 4.74 Å². The average molecular weight is 475 g/mol. The van der Waals surface area contributed by atoms with E-state index in [0.29, 0.717) is 33.9 Å². The molecule has 0 unspecified atom stereocenters. The van der Waals surface area contributed by atoms with E-state index < -0.39 is 5.82 Å². The molecule has 3 aromatic rings. The Kier molecular flexibility index (Phi) is 7.22. The first-order valence-electron chi connectivity index (χ1n) is 10.5. The van der Waals surface area contributed by atoms with Crippen LogP contribution in [0.2, 0.25) is 5.02 Å². The van der Waals surface area contributed by atoms with E-state index in [0.717, 1.165) is 25.9 Å². The summed E-state index contributed by atoms with van der Waals surface area (Å²) in [5.74, 6) is 0.236. The average Bonchev–Trinajstić information content (AvgIpc) is 2.82. The third kappa shape index (κ3) is 5.00. The number of piperidine rings is 1. The minimum Gasteiger partial charge on any atom is -0.496 e. The largest absolute Gasteiger partial charge is 0.496 e. The highest BCUT2D eigenvalue weighted by atomic mass is 35.5. The Morgan fingerprint density at radius 3 is 2.73 bits per heavy atom. The summed E-state index contributed by atoms with van der Waals surface area (Å²) in [7, 11) is 2.94. The molecule has 4 rings (SSSR count). The summed E-state index contributed by atoms with van der Waals surface area (Å²) in [6.45, 7) is 1.47. The van der Waals surface area contributed by atoms with Crippen LogP contribution < -0.4 is 20.1 Å². The van der Waals surface area contributed by atoms with Crippen molar-refractivity contribution in [3.05, 3.63) is 47.0 Å². The lowest BCUT2D eigenvalue weighted by Crippen LogP contribution is -2.34. The highest BCUT2D eigenvalue weighted by Crippen LogP contribution is 2.41. The fraction of sp³-hybridized carbons (Fsp3) is 0.348. The molecule has 2 heterocycles. The van der Waals surface area contributed by atoms with E-state index in [9.17, 15) is 9.18 Å². The van der Waals surface area contributed by atoms with Crippen molar-refractivity contribution in [3.63, 3.8) is 0 Å². The molecule has 0 radical (unpaired) electrons. The summed E-state index contributed by atoms with van der Waals surface area (Å²) in [5, 5.41) is 6.94. The van der Waals surface area contributed by atoms with Gasteiger partial charge < -0.3 is 24.8 Å². The molecule has 2 aromatic carbocycles. The molecule has 0 atom stereocenters. The number of benzene rings is 2. The monoisotopic (exact) mass is 474 g/mol. The van der Waals surface area contributed by atoms with E-state index in [-0.39, 0.29) is 29.1 Å². The number of nitrogens with zero attached hydrogens (tertiary/aromatic N) is 2. The molecule has 1 aliphatic rings. The van der Waals surface area contributed by atoms with Crippen molar-refractivity contribution in [3.8, 4) is 11.5 Å². The zero-order valence-electron chi connectivity index (χ0n) is 18.3. The lowest BCUT2D eigenvalue weighted by Gasteiger charge is -2.26. The fourth-order valence-corrected chi connectivity index (χ4v) is 3.98. The molecule has 8 nitrogen and oxygen atoms in total. The first-order chi connectivity index (χ1) is 16.0. The van der Waals surface area contributed by atoms with Crippen LogP contribution in [0, 0.1) is 5.82 Å². The summed E-state index contributed by atoms with van der Waals surface area (Å²) in [6, 6.07) is 5.93. The van der Waals surface area contributed by atoms with Crippen LogP contribution in [-0.4, -0.2) is 55.8 Å². The fourth-order valence-electron chi connectivity index (χ4n) is 3.80. The molecule has 0 bridgehead atoms. The number of ether oxygens (including phenoxy) is 3. The predicted molar refractivity (Wildman–Crippen MR) is 124 cm³/mol. The normalized spacial score (nSPS) is 14.3. The maximum atomic E-state index is 13.6. The van der Waals surface area contributed by atoms with Crippen LogP contribution in [0.3, 0.4) is 0 Å². The van der Waals surface area contributed by atoms with Gasteiger partial charge in [0, 0.05) is 18.9 Å². The molecule has 10 heteroatoms. The number of nitrogens with one attached hydrogen (secondary N) is 2. The second kappa shape index (κ2) is 10.3. The van der Waals surface area contributed by atoms with E-state index in [1.165, 1.54) is 32.7 Å². The van der Waals surface area contributed by atoms with Crippen LogP contribution in [0.1, 0.15) is 23.2 Å². The predicted octanol–water partition coefficient (Wildman–Crippen LogP) is 4.13. The van der Waals surface area contributed by atoms with Gasteiger partial charge in [-0.3, -0.25) is 4.79 Å². The van der Waals surface area contributed by atoms with Crippen molar-refractivity contribution in [1.29, 1.82) is 0 Å². The van der Waals surface area contributed by atoms with Crippen molar-refractivity contribution in [1.82, 2.24) is 15.3 Å². The van der Waals surface area contributed by atoms with Crippen LogP contribution in [0.15, 0.2) is 30.6 Å². The maximum absolute atomic E-state index is 13.6. The number of anilines is 2. The number of aromatic nitrogens is 2. The first-order valence-corrected chi connectivity index (χ1v) is 10.9. The molecule has 33 heavy (non-hydrogen) atoms. The lowest BCUT2D eigenvalue weighted by molar-refractivity contribution is 0.0835. The zero-order chi connectivity index (χ0) is 23.4. The molecule has 1 saturated heterocycles. The third-order valence-electron chi connectivity index (χ3n) is 5.37. The molecule has 0 saturated carbocycles. The molecule has 0 amide bonds. The van der Waals surface area contributed by atoms with Gasteiger partial charge in [0.2, 0.25) is 0 Å². The molecular weight excluding hydrogens is 451 g/mol. The summed E-state index contributed by atoms with van der Waals surface area (Å²) in [6.07, 6.45) is 2.84. The number of hydrogen-bond donors (Lipinski definition) is 2. The third-order valence-corrected chi connectivity index (χ3v) is 5.66. The Morgan fingerprint density at radius 2 is 2.03 bits per heavy atom. The summed E-state index contributed by atoms with van der Waals surface area (Å²) in [5.41, 5.74) is 1.31. The number of hydrogen-bond acceptors (Lipinski definition) is 8. The van der Waals surface area contributed by atoms with Crippen molar-refractivity contribution < 1.29 is 23.4 Å². The Balaban J connectivity index is 1.90. The molecule has 1 aromatic heterocycles. The molecular formula is C23H24ClFN4O4. The van der Waals surface area contributed by atoms with E-state index >= 15 is 0 Å². The second-order valence-corrected chi connectivity index (χ2v) is 7.98. The Labute approximate surface area is 195 Å². The number of methoxy groups -OCH3 is 2. The maximum Gasteiger partial charge on any atom is 0.195 e. The van der Waals surface area contributed by atoms with Crippen LogP contribution in [0.4, 0.5) is 15.9 Å². The smallest absolute Gasteiger partial charge is 0.195 e. The van der Waals surface area contributed by atoms with E-state index in [2.05, 4.69) is 20.6 Å². The highest BCUT2D eigenvalue weighted by Gasteiger charge is 2.27. The van der Waals surface area contributed by atoms with Gasteiger partial charge in [0.15, 0.2) is 5.78 Å². The number of carbonyl (C=O) groups excluding carboxylic acids is 1. The molecule has 2 N–H and O–H groups in total. The highest BCUT2D eigenvalue weighted by molar-refractivity contribution is 6.31. The number of halogens is 2. The van der Waals surface area contributed by atoms with Gasteiger partial charge in [-0.1, -0.05) is 11.6 Å². The number of carbonyl (C=O) groups is 1. The topological polar surface area (TPSA) is 94.6 Å². The van der Waals surface area contributed by atoms with Gasteiger partial charge in [-0.05, 0) is 44.1 Å².